The Morgan fingerprint density at radius 1 is 1.32 bits per heavy atom. The average molecular weight is 357 g/mol. The molecule has 0 aliphatic heterocycles. The van der Waals surface area contributed by atoms with Gasteiger partial charge in [-0.05, 0) is 51.2 Å². The summed E-state index contributed by atoms with van der Waals surface area (Å²) in [5.41, 5.74) is 4.00. The number of aryl methyl sites for hydroxylation is 2. The van der Waals surface area contributed by atoms with Crippen molar-refractivity contribution in [1.82, 2.24) is 15.1 Å². The lowest BCUT2D eigenvalue weighted by Gasteiger charge is -2.12. The molecule has 1 aromatic heterocycles. The fraction of sp³-hybridized carbons (Fsp3) is 0.333. The molecule has 0 amide bonds. The van der Waals surface area contributed by atoms with Crippen molar-refractivity contribution in [1.29, 1.82) is 0 Å². The summed E-state index contributed by atoms with van der Waals surface area (Å²) >= 11 is 17.4. The maximum absolute atomic E-state index is 6.11. The molecule has 22 heavy (non-hydrogen) atoms. The number of hydrogen-bond donors (Lipinski definition) is 2. The highest BCUT2D eigenvalue weighted by Gasteiger charge is 2.11. The van der Waals surface area contributed by atoms with Gasteiger partial charge in [-0.2, -0.15) is 5.10 Å². The number of nitrogens with one attached hydrogen (secondary N) is 2. The third-order valence-corrected chi connectivity index (χ3v) is 4.24. The second-order valence-corrected chi connectivity index (χ2v) is 6.15. The van der Waals surface area contributed by atoms with Gasteiger partial charge in [0.25, 0.3) is 0 Å². The molecule has 2 rings (SSSR count). The molecule has 0 atom stereocenters. The van der Waals surface area contributed by atoms with Gasteiger partial charge < -0.3 is 10.6 Å². The van der Waals surface area contributed by atoms with Crippen LogP contribution >= 0.6 is 35.4 Å². The summed E-state index contributed by atoms with van der Waals surface area (Å²) in [5.74, 6) is 0. The zero-order chi connectivity index (χ0) is 16.3. The van der Waals surface area contributed by atoms with E-state index in [1.807, 2.05) is 11.6 Å². The minimum Gasteiger partial charge on any atom is -0.358 e. The molecule has 0 aliphatic rings. The third kappa shape index (κ3) is 3.91. The lowest BCUT2D eigenvalue weighted by Crippen LogP contribution is -2.28. The first-order chi connectivity index (χ1) is 10.4. The molecule has 1 heterocycles. The van der Waals surface area contributed by atoms with Gasteiger partial charge in [-0.3, -0.25) is 4.68 Å². The van der Waals surface area contributed by atoms with Gasteiger partial charge in [0.05, 0.1) is 16.4 Å². The predicted molar refractivity (Wildman–Crippen MR) is 96.9 cm³/mol. The largest absolute Gasteiger partial charge is 0.358 e. The summed E-state index contributed by atoms with van der Waals surface area (Å²) in [6, 6.07) is 5.20. The van der Waals surface area contributed by atoms with Crippen molar-refractivity contribution >= 4 is 46.2 Å². The molecule has 118 valence electrons. The number of benzene rings is 1. The number of aromatic nitrogens is 2. The predicted octanol–water partition coefficient (Wildman–Crippen LogP) is 4.31. The number of hydrogen-bond acceptors (Lipinski definition) is 2. The lowest BCUT2D eigenvalue weighted by atomic mass is 10.2. The quantitative estimate of drug-likeness (QED) is 0.800. The van der Waals surface area contributed by atoms with E-state index in [4.69, 9.17) is 35.4 Å². The molecule has 0 bridgehead atoms. The Bertz CT molecular complexity index is 697. The average Bonchev–Trinajstić information content (AvgIpc) is 2.75. The Balaban J connectivity index is 2.01. The highest BCUT2D eigenvalue weighted by Crippen LogP contribution is 2.25. The van der Waals surface area contributed by atoms with Crippen LogP contribution in [0, 0.1) is 13.8 Å². The van der Waals surface area contributed by atoms with Crippen LogP contribution in [0.2, 0.25) is 10.0 Å². The van der Waals surface area contributed by atoms with Crippen molar-refractivity contribution in [2.24, 2.45) is 0 Å². The molecule has 2 N–H and O–H groups in total. The van der Waals surface area contributed by atoms with Crippen LogP contribution in [0.3, 0.4) is 0 Å². The first-order valence-corrected chi connectivity index (χ1v) is 8.11. The number of halogens is 2. The highest BCUT2D eigenvalue weighted by atomic mass is 35.5. The summed E-state index contributed by atoms with van der Waals surface area (Å²) in [5, 5.41) is 12.4. The smallest absolute Gasteiger partial charge is 0.171 e. The molecule has 0 saturated heterocycles. The molecule has 1 aromatic carbocycles. The molecule has 4 nitrogen and oxygen atoms in total. The normalized spacial score (nSPS) is 10.6. The highest BCUT2D eigenvalue weighted by molar-refractivity contribution is 7.80. The lowest BCUT2D eigenvalue weighted by molar-refractivity contribution is 0.633. The van der Waals surface area contributed by atoms with E-state index >= 15 is 0 Å². The van der Waals surface area contributed by atoms with Crippen LogP contribution in [0.25, 0.3) is 0 Å². The van der Waals surface area contributed by atoms with Gasteiger partial charge in [-0.1, -0.05) is 23.2 Å². The first-order valence-electron chi connectivity index (χ1n) is 6.95. The standard InChI is InChI=1S/C15H18Cl2N4S/c1-4-21-10(3)12(9(2)20-21)8-18-15(22)19-14-7-11(16)5-6-13(14)17/h5-7H,4,8H2,1-3H3,(H2,18,19,22). The molecule has 0 radical (unpaired) electrons. The molecule has 0 unspecified atom stereocenters. The van der Waals surface area contributed by atoms with Crippen molar-refractivity contribution in [3.05, 3.63) is 45.2 Å². The van der Waals surface area contributed by atoms with E-state index in [0.29, 0.717) is 27.4 Å². The monoisotopic (exact) mass is 356 g/mol. The molecule has 0 fully saturated rings. The Morgan fingerprint density at radius 3 is 2.68 bits per heavy atom. The molecule has 2 aromatic rings. The maximum atomic E-state index is 6.11. The van der Waals surface area contributed by atoms with Crippen LogP contribution in [0.5, 0.6) is 0 Å². The van der Waals surface area contributed by atoms with E-state index in [-0.39, 0.29) is 0 Å². The van der Waals surface area contributed by atoms with E-state index in [2.05, 4.69) is 29.6 Å². The van der Waals surface area contributed by atoms with E-state index in [0.717, 1.165) is 23.5 Å². The number of anilines is 1. The van der Waals surface area contributed by atoms with Gasteiger partial charge in [0.2, 0.25) is 0 Å². The Morgan fingerprint density at radius 2 is 2.05 bits per heavy atom. The Labute approximate surface area is 145 Å². The second kappa shape index (κ2) is 7.31. The van der Waals surface area contributed by atoms with Crippen molar-refractivity contribution in [3.63, 3.8) is 0 Å². The topological polar surface area (TPSA) is 41.9 Å². The van der Waals surface area contributed by atoms with E-state index in [1.165, 1.54) is 0 Å². The molecule has 0 saturated carbocycles. The molecular weight excluding hydrogens is 339 g/mol. The second-order valence-electron chi connectivity index (χ2n) is 4.90. The fourth-order valence-electron chi connectivity index (χ4n) is 2.23. The summed E-state index contributed by atoms with van der Waals surface area (Å²) in [4.78, 5) is 0. The van der Waals surface area contributed by atoms with Crippen LogP contribution in [0.15, 0.2) is 18.2 Å². The number of rotatable bonds is 4. The molecule has 0 spiro atoms. The van der Waals surface area contributed by atoms with Gasteiger partial charge in [0, 0.05) is 29.4 Å². The van der Waals surface area contributed by atoms with Gasteiger partial charge in [0.15, 0.2) is 5.11 Å². The van der Waals surface area contributed by atoms with E-state index in [1.54, 1.807) is 18.2 Å². The van der Waals surface area contributed by atoms with Gasteiger partial charge in [-0.25, -0.2) is 0 Å². The van der Waals surface area contributed by atoms with Gasteiger partial charge >= 0.3 is 0 Å². The summed E-state index contributed by atoms with van der Waals surface area (Å²) in [6.45, 7) is 7.60. The van der Waals surface area contributed by atoms with Crippen molar-refractivity contribution in [3.8, 4) is 0 Å². The number of thiocarbonyl (C=S) groups is 1. The van der Waals surface area contributed by atoms with Crippen LogP contribution in [-0.4, -0.2) is 14.9 Å². The number of nitrogens with zero attached hydrogens (tertiary/aromatic N) is 2. The van der Waals surface area contributed by atoms with Crippen LogP contribution in [0.1, 0.15) is 23.9 Å². The maximum Gasteiger partial charge on any atom is 0.171 e. The van der Waals surface area contributed by atoms with E-state index in [9.17, 15) is 0 Å². The molecule has 0 aliphatic carbocycles. The minimum absolute atomic E-state index is 0.493. The fourth-order valence-corrected chi connectivity index (χ4v) is 2.75. The van der Waals surface area contributed by atoms with Gasteiger partial charge in [0.1, 0.15) is 0 Å². The van der Waals surface area contributed by atoms with E-state index < -0.39 is 0 Å². The van der Waals surface area contributed by atoms with Gasteiger partial charge in [-0.15, -0.1) is 0 Å². The third-order valence-electron chi connectivity index (χ3n) is 3.43. The Kier molecular flexibility index (Phi) is 5.67. The van der Waals surface area contributed by atoms with Crippen molar-refractivity contribution in [2.45, 2.75) is 33.9 Å². The Hall–Kier alpha value is -1.30. The first kappa shape index (κ1) is 17.1. The van der Waals surface area contributed by atoms with Crippen LogP contribution < -0.4 is 10.6 Å². The summed E-state index contributed by atoms with van der Waals surface area (Å²) in [7, 11) is 0. The SMILES string of the molecule is CCn1nc(C)c(CNC(=S)Nc2cc(Cl)ccc2Cl)c1C. The van der Waals surface area contributed by atoms with Crippen molar-refractivity contribution < 1.29 is 0 Å². The molecule has 7 heteroatoms. The summed E-state index contributed by atoms with van der Waals surface area (Å²) in [6.07, 6.45) is 0. The van der Waals surface area contributed by atoms with Crippen LogP contribution in [0.4, 0.5) is 5.69 Å². The van der Waals surface area contributed by atoms with Crippen molar-refractivity contribution in [2.75, 3.05) is 5.32 Å². The molecular formula is C15H18Cl2N4S. The minimum atomic E-state index is 0.493. The summed E-state index contributed by atoms with van der Waals surface area (Å²) < 4.78 is 1.98. The van der Waals surface area contributed by atoms with Crippen LogP contribution in [-0.2, 0) is 13.1 Å². The zero-order valence-electron chi connectivity index (χ0n) is 12.7. The zero-order valence-corrected chi connectivity index (χ0v) is 15.0.